The van der Waals surface area contributed by atoms with Crippen LogP contribution >= 0.6 is 0 Å². The first-order chi connectivity index (χ1) is 8.58. The van der Waals surface area contributed by atoms with Gasteiger partial charge in [-0.15, -0.1) is 0 Å². The molecular weight excluding hydrogens is 226 g/mol. The quantitative estimate of drug-likeness (QED) is 0.873. The number of carbonyl (C=O) groups is 1. The molecule has 0 amide bonds. The Bertz CT molecular complexity index is 557. The number of Topliss-reactive ketones (excluding diaryl/α,β-unsaturated/α-hetero) is 1. The van der Waals surface area contributed by atoms with Gasteiger partial charge in [-0.25, -0.2) is 0 Å². The average molecular weight is 245 g/mol. The van der Waals surface area contributed by atoms with Gasteiger partial charge >= 0.3 is 0 Å². The number of rotatable bonds is 5. The lowest BCUT2D eigenvalue weighted by Crippen LogP contribution is -2.15. The van der Waals surface area contributed by atoms with Gasteiger partial charge in [0.2, 0.25) is 0 Å². The summed E-state index contributed by atoms with van der Waals surface area (Å²) in [5.74, 6) is 0.148. The minimum absolute atomic E-state index is 0.148. The van der Waals surface area contributed by atoms with Crippen molar-refractivity contribution in [3.8, 4) is 0 Å². The van der Waals surface area contributed by atoms with E-state index in [1.54, 1.807) is 13.1 Å². The lowest BCUT2D eigenvalue weighted by molar-refractivity contribution is -0.116. The van der Waals surface area contributed by atoms with E-state index >= 15 is 0 Å². The Morgan fingerprint density at radius 3 is 2.89 bits per heavy atom. The Hall–Kier alpha value is -1.68. The van der Waals surface area contributed by atoms with Crippen LogP contribution in [0.1, 0.15) is 18.2 Å². The highest BCUT2D eigenvalue weighted by molar-refractivity contribution is 5.89. The molecule has 0 radical (unpaired) electrons. The SMILES string of the molecule is CC(=O)Cc1nccc2[nH]cc(CCN(C)C)c12. The minimum Gasteiger partial charge on any atom is -0.361 e. The molecule has 96 valence electrons. The van der Waals surface area contributed by atoms with Gasteiger partial charge in [0.05, 0.1) is 5.69 Å². The van der Waals surface area contributed by atoms with Crippen LogP contribution in [0, 0.1) is 0 Å². The third-order valence-corrected chi connectivity index (χ3v) is 3.00. The second-order valence-electron chi connectivity index (χ2n) is 4.93. The highest BCUT2D eigenvalue weighted by Crippen LogP contribution is 2.22. The lowest BCUT2D eigenvalue weighted by Gasteiger charge is -2.09. The normalized spacial score (nSPS) is 11.3. The van der Waals surface area contributed by atoms with Crippen molar-refractivity contribution in [2.45, 2.75) is 19.8 Å². The number of carbonyl (C=O) groups excluding carboxylic acids is 1. The van der Waals surface area contributed by atoms with Gasteiger partial charge in [0.1, 0.15) is 5.78 Å². The predicted molar refractivity (Wildman–Crippen MR) is 72.7 cm³/mol. The van der Waals surface area contributed by atoms with Gasteiger partial charge < -0.3 is 9.88 Å². The molecule has 4 nitrogen and oxygen atoms in total. The van der Waals surface area contributed by atoms with E-state index in [0.29, 0.717) is 6.42 Å². The summed E-state index contributed by atoms with van der Waals surface area (Å²) >= 11 is 0. The number of pyridine rings is 1. The molecule has 0 unspecified atom stereocenters. The van der Waals surface area contributed by atoms with Crippen LogP contribution in [-0.4, -0.2) is 41.3 Å². The molecular formula is C14H19N3O. The number of nitrogens with one attached hydrogen (secondary N) is 1. The molecule has 0 aliphatic heterocycles. The average Bonchev–Trinajstić information content (AvgIpc) is 2.70. The molecule has 0 saturated carbocycles. The van der Waals surface area contributed by atoms with Crippen molar-refractivity contribution in [3.05, 3.63) is 29.7 Å². The summed E-state index contributed by atoms with van der Waals surface area (Å²) in [7, 11) is 4.12. The summed E-state index contributed by atoms with van der Waals surface area (Å²) in [6.07, 6.45) is 5.15. The minimum atomic E-state index is 0.148. The summed E-state index contributed by atoms with van der Waals surface area (Å²) < 4.78 is 0. The van der Waals surface area contributed by atoms with Crippen molar-refractivity contribution in [3.63, 3.8) is 0 Å². The standard InChI is InChI=1S/C14H19N3O/c1-10(18)8-13-14-11(5-7-17(2)3)9-16-12(14)4-6-15-13/h4,6,9,16H,5,7-8H2,1-3H3. The van der Waals surface area contributed by atoms with Crippen LogP contribution in [-0.2, 0) is 17.6 Å². The van der Waals surface area contributed by atoms with Crippen LogP contribution in [0.4, 0.5) is 0 Å². The molecule has 0 aliphatic carbocycles. The Kier molecular flexibility index (Phi) is 3.77. The maximum atomic E-state index is 11.3. The molecule has 2 aromatic rings. The molecule has 4 heteroatoms. The van der Waals surface area contributed by atoms with Crippen LogP contribution in [0.25, 0.3) is 10.9 Å². The number of likely N-dealkylation sites (N-methyl/N-ethyl adjacent to an activating group) is 1. The van der Waals surface area contributed by atoms with E-state index in [1.807, 2.05) is 12.3 Å². The van der Waals surface area contributed by atoms with E-state index in [9.17, 15) is 4.79 Å². The van der Waals surface area contributed by atoms with Crippen molar-refractivity contribution in [2.75, 3.05) is 20.6 Å². The molecule has 2 rings (SSSR count). The van der Waals surface area contributed by atoms with Crippen LogP contribution in [0.3, 0.4) is 0 Å². The molecule has 0 aliphatic rings. The van der Waals surface area contributed by atoms with Gasteiger partial charge in [-0.05, 0) is 39.1 Å². The molecule has 0 atom stereocenters. The molecule has 0 fully saturated rings. The van der Waals surface area contributed by atoms with E-state index < -0.39 is 0 Å². The zero-order valence-corrected chi connectivity index (χ0v) is 11.2. The van der Waals surface area contributed by atoms with E-state index in [-0.39, 0.29) is 5.78 Å². The Morgan fingerprint density at radius 2 is 2.22 bits per heavy atom. The smallest absolute Gasteiger partial charge is 0.135 e. The summed E-state index contributed by atoms with van der Waals surface area (Å²) in [6.45, 7) is 2.59. The first-order valence-electron chi connectivity index (χ1n) is 6.16. The summed E-state index contributed by atoms with van der Waals surface area (Å²) in [5, 5.41) is 1.12. The van der Waals surface area contributed by atoms with E-state index in [1.165, 1.54) is 5.56 Å². The van der Waals surface area contributed by atoms with E-state index in [4.69, 9.17) is 0 Å². The van der Waals surface area contributed by atoms with Gasteiger partial charge in [0, 0.05) is 36.3 Å². The highest BCUT2D eigenvalue weighted by Gasteiger charge is 2.11. The second kappa shape index (κ2) is 5.31. The van der Waals surface area contributed by atoms with Gasteiger partial charge in [-0.2, -0.15) is 0 Å². The van der Waals surface area contributed by atoms with Crippen LogP contribution in [0.2, 0.25) is 0 Å². The molecule has 0 bridgehead atoms. The van der Waals surface area contributed by atoms with Gasteiger partial charge in [0.15, 0.2) is 0 Å². The summed E-state index contributed by atoms with van der Waals surface area (Å²) in [6, 6.07) is 1.96. The Balaban J connectivity index is 2.38. The fraction of sp³-hybridized carbons (Fsp3) is 0.429. The number of ketones is 1. The maximum Gasteiger partial charge on any atom is 0.135 e. The molecule has 0 aromatic carbocycles. The number of fused-ring (bicyclic) bond motifs is 1. The lowest BCUT2D eigenvalue weighted by atomic mass is 10.1. The van der Waals surface area contributed by atoms with Crippen molar-refractivity contribution >= 4 is 16.7 Å². The van der Waals surface area contributed by atoms with E-state index in [2.05, 4.69) is 29.0 Å². The van der Waals surface area contributed by atoms with Crippen molar-refractivity contribution in [1.82, 2.24) is 14.9 Å². The zero-order valence-electron chi connectivity index (χ0n) is 11.2. The van der Waals surface area contributed by atoms with Crippen molar-refractivity contribution < 1.29 is 4.79 Å². The summed E-state index contributed by atoms with van der Waals surface area (Å²) in [5.41, 5.74) is 3.19. The predicted octanol–water partition coefficient (Wildman–Crippen LogP) is 1.80. The van der Waals surface area contributed by atoms with Crippen molar-refractivity contribution in [1.29, 1.82) is 0 Å². The molecule has 0 saturated heterocycles. The molecule has 2 aromatic heterocycles. The van der Waals surface area contributed by atoms with Crippen LogP contribution in [0.15, 0.2) is 18.5 Å². The molecule has 1 N–H and O–H groups in total. The number of aromatic nitrogens is 2. The number of hydrogen-bond acceptors (Lipinski definition) is 3. The molecule has 2 heterocycles. The number of hydrogen-bond donors (Lipinski definition) is 1. The largest absolute Gasteiger partial charge is 0.361 e. The fourth-order valence-electron chi connectivity index (χ4n) is 2.13. The Morgan fingerprint density at radius 1 is 1.44 bits per heavy atom. The third kappa shape index (κ3) is 2.76. The maximum absolute atomic E-state index is 11.3. The van der Waals surface area contributed by atoms with Gasteiger partial charge in [0.25, 0.3) is 0 Å². The Labute approximate surface area is 107 Å². The van der Waals surface area contributed by atoms with E-state index in [0.717, 1.165) is 29.6 Å². The fourth-order valence-corrected chi connectivity index (χ4v) is 2.13. The van der Waals surface area contributed by atoms with Gasteiger partial charge in [-0.1, -0.05) is 0 Å². The molecule has 0 spiro atoms. The van der Waals surface area contributed by atoms with Gasteiger partial charge in [-0.3, -0.25) is 9.78 Å². The highest BCUT2D eigenvalue weighted by atomic mass is 16.1. The van der Waals surface area contributed by atoms with Crippen LogP contribution < -0.4 is 0 Å². The third-order valence-electron chi connectivity index (χ3n) is 3.00. The monoisotopic (exact) mass is 245 g/mol. The first-order valence-corrected chi connectivity index (χ1v) is 6.16. The van der Waals surface area contributed by atoms with Crippen molar-refractivity contribution in [2.24, 2.45) is 0 Å². The first kappa shape index (κ1) is 12.8. The number of aromatic amines is 1. The number of nitrogens with zero attached hydrogens (tertiary/aromatic N) is 2. The summed E-state index contributed by atoms with van der Waals surface area (Å²) in [4.78, 5) is 21.1. The second-order valence-corrected chi connectivity index (χ2v) is 4.93. The topological polar surface area (TPSA) is 49.0 Å². The molecule has 18 heavy (non-hydrogen) atoms. The zero-order chi connectivity index (χ0) is 13.1. The van der Waals surface area contributed by atoms with Crippen LogP contribution in [0.5, 0.6) is 0 Å². The number of H-pyrrole nitrogens is 1.